The van der Waals surface area contributed by atoms with Gasteiger partial charge in [0.15, 0.2) is 0 Å². The Balaban J connectivity index is 1.73. The van der Waals surface area contributed by atoms with Crippen molar-refractivity contribution in [2.24, 2.45) is 0 Å². The fourth-order valence-corrected chi connectivity index (χ4v) is 3.41. The predicted octanol–water partition coefficient (Wildman–Crippen LogP) is 0.857. The molecule has 2 heterocycles. The van der Waals surface area contributed by atoms with Crippen molar-refractivity contribution >= 4 is 5.82 Å². The standard InChI is InChI=1S/C15H24N4O/c1-11-8-19(7-6-18(11)9-12(2)20)15-13-4-3-5-14(13)16-10-17-15/h10-12,20H,3-9H2,1-2H3/t11-,12-/m0/s1. The summed E-state index contributed by atoms with van der Waals surface area (Å²) >= 11 is 0. The molecular formula is C15H24N4O. The van der Waals surface area contributed by atoms with Crippen LogP contribution in [0.1, 0.15) is 31.5 Å². The molecule has 0 unspecified atom stereocenters. The van der Waals surface area contributed by atoms with Crippen molar-refractivity contribution in [1.29, 1.82) is 0 Å². The van der Waals surface area contributed by atoms with Crippen LogP contribution in [-0.2, 0) is 12.8 Å². The molecule has 1 N–H and O–H groups in total. The maximum absolute atomic E-state index is 9.56. The minimum atomic E-state index is -0.257. The lowest BCUT2D eigenvalue weighted by atomic mass is 10.1. The maximum atomic E-state index is 9.56. The van der Waals surface area contributed by atoms with E-state index < -0.39 is 0 Å². The lowest BCUT2D eigenvalue weighted by Gasteiger charge is -2.41. The van der Waals surface area contributed by atoms with Gasteiger partial charge in [0.2, 0.25) is 0 Å². The van der Waals surface area contributed by atoms with Gasteiger partial charge >= 0.3 is 0 Å². The third-order valence-corrected chi connectivity index (χ3v) is 4.42. The smallest absolute Gasteiger partial charge is 0.135 e. The normalized spacial score (nSPS) is 24.8. The van der Waals surface area contributed by atoms with E-state index in [0.717, 1.165) is 44.8 Å². The molecule has 5 heteroatoms. The third-order valence-electron chi connectivity index (χ3n) is 4.42. The van der Waals surface area contributed by atoms with Crippen molar-refractivity contribution in [3.05, 3.63) is 17.6 Å². The molecule has 2 atom stereocenters. The van der Waals surface area contributed by atoms with Gasteiger partial charge in [0.05, 0.1) is 6.10 Å². The summed E-state index contributed by atoms with van der Waals surface area (Å²) < 4.78 is 0. The monoisotopic (exact) mass is 276 g/mol. The van der Waals surface area contributed by atoms with Gasteiger partial charge in [-0.05, 0) is 33.1 Å². The van der Waals surface area contributed by atoms with Crippen LogP contribution in [-0.4, -0.2) is 58.3 Å². The second kappa shape index (κ2) is 5.66. The second-order valence-corrected chi connectivity index (χ2v) is 6.12. The largest absolute Gasteiger partial charge is 0.392 e. The first-order valence-electron chi connectivity index (χ1n) is 7.65. The van der Waals surface area contributed by atoms with E-state index in [-0.39, 0.29) is 6.10 Å². The van der Waals surface area contributed by atoms with Crippen LogP contribution >= 0.6 is 0 Å². The molecule has 1 aromatic heterocycles. The number of aliphatic hydroxyl groups excluding tert-OH is 1. The second-order valence-electron chi connectivity index (χ2n) is 6.12. The Bertz CT molecular complexity index is 477. The summed E-state index contributed by atoms with van der Waals surface area (Å²) in [6.07, 6.45) is 4.88. The van der Waals surface area contributed by atoms with Gasteiger partial charge in [-0.2, -0.15) is 0 Å². The lowest BCUT2D eigenvalue weighted by Crippen LogP contribution is -2.54. The van der Waals surface area contributed by atoms with Crippen molar-refractivity contribution in [2.45, 2.75) is 45.3 Å². The minimum Gasteiger partial charge on any atom is -0.392 e. The number of β-amino-alcohol motifs (C(OH)–C–C–N with tert-alkyl or cyclic N) is 1. The Morgan fingerprint density at radius 2 is 2.20 bits per heavy atom. The Morgan fingerprint density at radius 3 is 2.95 bits per heavy atom. The Hall–Kier alpha value is -1.20. The minimum absolute atomic E-state index is 0.257. The average molecular weight is 276 g/mol. The Labute approximate surface area is 120 Å². The van der Waals surface area contributed by atoms with Crippen LogP contribution < -0.4 is 4.90 Å². The summed E-state index contributed by atoms with van der Waals surface area (Å²) in [5.41, 5.74) is 2.61. The molecule has 1 aromatic rings. The molecule has 0 spiro atoms. The zero-order valence-electron chi connectivity index (χ0n) is 12.4. The van der Waals surface area contributed by atoms with E-state index in [9.17, 15) is 5.11 Å². The van der Waals surface area contributed by atoms with Crippen LogP contribution in [0.25, 0.3) is 0 Å². The van der Waals surface area contributed by atoms with Crippen LogP contribution in [0.4, 0.5) is 5.82 Å². The number of anilines is 1. The maximum Gasteiger partial charge on any atom is 0.135 e. The van der Waals surface area contributed by atoms with Gasteiger partial charge in [-0.1, -0.05) is 0 Å². The molecule has 20 heavy (non-hydrogen) atoms. The summed E-state index contributed by atoms with van der Waals surface area (Å²) in [5, 5.41) is 9.56. The molecule has 1 aliphatic heterocycles. The van der Waals surface area contributed by atoms with Crippen molar-refractivity contribution in [1.82, 2.24) is 14.9 Å². The zero-order chi connectivity index (χ0) is 14.1. The van der Waals surface area contributed by atoms with E-state index in [1.54, 1.807) is 6.33 Å². The quantitative estimate of drug-likeness (QED) is 0.887. The van der Waals surface area contributed by atoms with E-state index in [0.29, 0.717) is 6.04 Å². The number of aromatic nitrogens is 2. The van der Waals surface area contributed by atoms with Crippen LogP contribution in [0.3, 0.4) is 0 Å². The van der Waals surface area contributed by atoms with Gasteiger partial charge in [0.25, 0.3) is 0 Å². The number of piperazine rings is 1. The molecule has 1 saturated heterocycles. The van der Waals surface area contributed by atoms with Crippen LogP contribution in [0, 0.1) is 0 Å². The summed E-state index contributed by atoms with van der Waals surface area (Å²) in [6, 6.07) is 0.449. The molecule has 1 fully saturated rings. The first-order valence-corrected chi connectivity index (χ1v) is 7.65. The molecule has 2 aliphatic rings. The summed E-state index contributed by atoms with van der Waals surface area (Å²) in [4.78, 5) is 13.7. The number of aliphatic hydroxyl groups is 1. The van der Waals surface area contributed by atoms with E-state index in [1.165, 1.54) is 17.7 Å². The van der Waals surface area contributed by atoms with E-state index in [2.05, 4.69) is 26.7 Å². The molecule has 5 nitrogen and oxygen atoms in total. The van der Waals surface area contributed by atoms with Gasteiger partial charge in [-0.15, -0.1) is 0 Å². The van der Waals surface area contributed by atoms with Crippen LogP contribution in [0.5, 0.6) is 0 Å². The van der Waals surface area contributed by atoms with Gasteiger partial charge in [0, 0.05) is 43.5 Å². The zero-order valence-corrected chi connectivity index (χ0v) is 12.4. The SMILES string of the molecule is C[C@H](O)CN1CCN(c2ncnc3c2CCC3)C[C@@H]1C. The average Bonchev–Trinajstić information content (AvgIpc) is 2.88. The van der Waals surface area contributed by atoms with Gasteiger partial charge < -0.3 is 10.0 Å². The molecule has 0 aromatic carbocycles. The molecule has 0 amide bonds. The van der Waals surface area contributed by atoms with E-state index in [1.807, 2.05) is 6.92 Å². The third kappa shape index (κ3) is 2.65. The van der Waals surface area contributed by atoms with Crippen molar-refractivity contribution in [2.75, 3.05) is 31.1 Å². The van der Waals surface area contributed by atoms with Gasteiger partial charge in [0.1, 0.15) is 12.1 Å². The lowest BCUT2D eigenvalue weighted by molar-refractivity contribution is 0.0958. The molecular weight excluding hydrogens is 252 g/mol. The van der Waals surface area contributed by atoms with Crippen molar-refractivity contribution in [3.63, 3.8) is 0 Å². The summed E-state index contributed by atoms with van der Waals surface area (Å²) in [6.45, 7) is 7.81. The molecule has 0 bridgehead atoms. The Kier molecular flexibility index (Phi) is 3.89. The van der Waals surface area contributed by atoms with Crippen molar-refractivity contribution < 1.29 is 5.11 Å². The highest BCUT2D eigenvalue weighted by Gasteiger charge is 2.28. The van der Waals surface area contributed by atoms with E-state index in [4.69, 9.17) is 0 Å². The predicted molar refractivity (Wildman–Crippen MR) is 79.0 cm³/mol. The van der Waals surface area contributed by atoms with Crippen LogP contribution in [0.15, 0.2) is 6.33 Å². The first-order chi connectivity index (χ1) is 9.65. The molecule has 3 rings (SSSR count). The number of hydrogen-bond acceptors (Lipinski definition) is 5. The van der Waals surface area contributed by atoms with Crippen molar-refractivity contribution in [3.8, 4) is 0 Å². The summed E-state index contributed by atoms with van der Waals surface area (Å²) in [5.74, 6) is 1.15. The number of nitrogens with zero attached hydrogens (tertiary/aromatic N) is 4. The fourth-order valence-electron chi connectivity index (χ4n) is 3.41. The molecule has 110 valence electrons. The Morgan fingerprint density at radius 1 is 1.35 bits per heavy atom. The highest BCUT2D eigenvalue weighted by molar-refractivity contribution is 5.51. The molecule has 0 radical (unpaired) electrons. The molecule has 1 aliphatic carbocycles. The fraction of sp³-hybridized carbons (Fsp3) is 0.733. The first kappa shape index (κ1) is 13.8. The highest BCUT2D eigenvalue weighted by atomic mass is 16.3. The number of aryl methyl sites for hydroxylation is 1. The number of rotatable bonds is 3. The highest BCUT2D eigenvalue weighted by Crippen LogP contribution is 2.29. The molecule has 0 saturated carbocycles. The number of fused-ring (bicyclic) bond motifs is 1. The number of hydrogen-bond donors (Lipinski definition) is 1. The van der Waals surface area contributed by atoms with Crippen LogP contribution in [0.2, 0.25) is 0 Å². The topological polar surface area (TPSA) is 52.5 Å². The van der Waals surface area contributed by atoms with Gasteiger partial charge in [-0.3, -0.25) is 4.90 Å². The summed E-state index contributed by atoms with van der Waals surface area (Å²) in [7, 11) is 0. The van der Waals surface area contributed by atoms with E-state index >= 15 is 0 Å². The van der Waals surface area contributed by atoms with Gasteiger partial charge in [-0.25, -0.2) is 9.97 Å².